The highest BCUT2D eigenvalue weighted by Crippen LogP contribution is 2.37. The van der Waals surface area contributed by atoms with Crippen LogP contribution in [0.15, 0.2) is 91.1 Å². The highest BCUT2D eigenvalue weighted by atomic mass is 16.5. The highest BCUT2D eigenvalue weighted by Gasteiger charge is 2.16. The van der Waals surface area contributed by atoms with E-state index >= 15 is 0 Å². The molecule has 0 aliphatic heterocycles. The van der Waals surface area contributed by atoms with E-state index < -0.39 is 0 Å². The smallest absolute Gasteiger partial charge is 0.224 e. The van der Waals surface area contributed by atoms with Gasteiger partial charge in [0.1, 0.15) is 6.29 Å². The fourth-order valence-corrected chi connectivity index (χ4v) is 5.27. The Morgan fingerprint density at radius 3 is 2.07 bits per heavy atom. The minimum atomic E-state index is 0.311. The second kappa shape index (κ2) is 10.6. The molecular formula is C34H26N4O3. The van der Waals surface area contributed by atoms with Gasteiger partial charge in [0.25, 0.3) is 0 Å². The SMILES string of the molecule is COc1nc(-c2cccc(-c3cccc(-c4ccn5c(-c6ccc(C=O)cc6)nnc5c4)c3C)c2C)ccc1C=O. The first-order valence-corrected chi connectivity index (χ1v) is 13.1. The van der Waals surface area contributed by atoms with Gasteiger partial charge in [0.15, 0.2) is 17.8 Å². The molecule has 200 valence electrons. The van der Waals surface area contributed by atoms with E-state index in [1.807, 2.05) is 47.0 Å². The number of pyridine rings is 2. The molecule has 0 amide bonds. The number of hydrogen-bond donors (Lipinski definition) is 0. The van der Waals surface area contributed by atoms with Gasteiger partial charge in [0, 0.05) is 22.9 Å². The maximum Gasteiger partial charge on any atom is 0.224 e. The zero-order chi connectivity index (χ0) is 28.5. The third-order valence-corrected chi connectivity index (χ3v) is 7.47. The first kappa shape index (κ1) is 25.8. The van der Waals surface area contributed by atoms with Crippen LogP contribution < -0.4 is 4.74 Å². The molecule has 41 heavy (non-hydrogen) atoms. The van der Waals surface area contributed by atoms with Crippen molar-refractivity contribution in [1.82, 2.24) is 19.6 Å². The maximum atomic E-state index is 11.3. The van der Waals surface area contributed by atoms with Gasteiger partial charge < -0.3 is 4.74 Å². The molecule has 0 bridgehead atoms. The zero-order valence-corrected chi connectivity index (χ0v) is 22.8. The molecule has 0 aliphatic rings. The van der Waals surface area contributed by atoms with E-state index in [4.69, 9.17) is 4.74 Å². The molecule has 6 rings (SSSR count). The summed E-state index contributed by atoms with van der Waals surface area (Å²) in [6.45, 7) is 4.22. The molecule has 0 saturated carbocycles. The third-order valence-electron chi connectivity index (χ3n) is 7.47. The molecule has 0 aliphatic carbocycles. The molecule has 0 unspecified atom stereocenters. The summed E-state index contributed by atoms with van der Waals surface area (Å²) in [4.78, 5) is 27.0. The van der Waals surface area contributed by atoms with E-state index in [-0.39, 0.29) is 0 Å². The molecule has 0 fully saturated rings. The van der Waals surface area contributed by atoms with Crippen molar-refractivity contribution in [3.05, 3.63) is 113 Å². The van der Waals surface area contributed by atoms with Crippen molar-refractivity contribution in [3.63, 3.8) is 0 Å². The fourth-order valence-electron chi connectivity index (χ4n) is 5.27. The van der Waals surface area contributed by atoms with Crippen LogP contribution in [-0.2, 0) is 0 Å². The summed E-state index contributed by atoms with van der Waals surface area (Å²) in [5.74, 6) is 1.03. The summed E-state index contributed by atoms with van der Waals surface area (Å²) in [6, 6.07) is 27.5. The Kier molecular flexibility index (Phi) is 6.69. The Bertz CT molecular complexity index is 1940. The molecular weight excluding hydrogens is 512 g/mol. The number of aromatic nitrogens is 4. The lowest BCUT2D eigenvalue weighted by Crippen LogP contribution is -1.98. The molecule has 0 radical (unpaired) electrons. The van der Waals surface area contributed by atoms with Crippen molar-refractivity contribution in [3.8, 4) is 50.8 Å². The standard InChI is InChI=1S/C34H26N4O3/c1-21-27(25-16-17-38-32(18-25)36-37-33(38)24-12-10-23(19-39)11-13-24)6-4-7-28(21)29-8-5-9-30(22(29)2)31-15-14-26(20-40)34(35-31)41-3/h4-20H,1-3H3. The predicted molar refractivity (Wildman–Crippen MR) is 159 cm³/mol. The van der Waals surface area contributed by atoms with Crippen molar-refractivity contribution < 1.29 is 14.3 Å². The predicted octanol–water partition coefficient (Wildman–Crippen LogP) is 7.04. The first-order chi connectivity index (χ1) is 20.0. The van der Waals surface area contributed by atoms with Crippen LogP contribution in [0.4, 0.5) is 0 Å². The molecule has 3 aromatic carbocycles. The van der Waals surface area contributed by atoms with Crippen LogP contribution in [0.3, 0.4) is 0 Å². The fraction of sp³-hybridized carbons (Fsp3) is 0.0882. The van der Waals surface area contributed by atoms with Crippen LogP contribution in [0.2, 0.25) is 0 Å². The Morgan fingerprint density at radius 2 is 1.39 bits per heavy atom. The van der Waals surface area contributed by atoms with Gasteiger partial charge in [-0.25, -0.2) is 4.98 Å². The lowest BCUT2D eigenvalue weighted by molar-refractivity contribution is 0.111. The number of aldehydes is 2. The summed E-state index contributed by atoms with van der Waals surface area (Å²) in [5, 5.41) is 8.83. The minimum Gasteiger partial charge on any atom is -0.480 e. The number of hydrogen-bond acceptors (Lipinski definition) is 6. The van der Waals surface area contributed by atoms with E-state index in [0.717, 1.165) is 68.4 Å². The molecule has 7 heteroatoms. The van der Waals surface area contributed by atoms with Crippen LogP contribution in [0.25, 0.3) is 50.5 Å². The highest BCUT2D eigenvalue weighted by molar-refractivity contribution is 5.85. The van der Waals surface area contributed by atoms with Gasteiger partial charge in [-0.3, -0.25) is 14.0 Å². The summed E-state index contributed by atoms with van der Waals surface area (Å²) in [5.41, 5.74) is 11.0. The van der Waals surface area contributed by atoms with Gasteiger partial charge in [0.2, 0.25) is 5.88 Å². The molecule has 0 saturated heterocycles. The number of nitrogens with zero attached hydrogens (tertiary/aromatic N) is 4. The lowest BCUT2D eigenvalue weighted by Gasteiger charge is -2.16. The average Bonchev–Trinajstić information content (AvgIpc) is 3.44. The summed E-state index contributed by atoms with van der Waals surface area (Å²) in [7, 11) is 1.51. The topological polar surface area (TPSA) is 86.4 Å². The minimum absolute atomic E-state index is 0.311. The molecule has 6 aromatic rings. The van der Waals surface area contributed by atoms with Crippen LogP contribution in [0.5, 0.6) is 5.88 Å². The van der Waals surface area contributed by atoms with Crippen molar-refractivity contribution in [2.45, 2.75) is 13.8 Å². The molecule has 0 atom stereocenters. The number of carbonyl (C=O) groups is 2. The van der Waals surface area contributed by atoms with Crippen LogP contribution >= 0.6 is 0 Å². The molecule has 0 spiro atoms. The Hall–Kier alpha value is -5.43. The summed E-state index contributed by atoms with van der Waals surface area (Å²) < 4.78 is 7.28. The molecule has 0 N–H and O–H groups in total. The van der Waals surface area contributed by atoms with E-state index in [1.54, 1.807) is 18.2 Å². The van der Waals surface area contributed by atoms with Crippen LogP contribution in [0, 0.1) is 13.8 Å². The number of carbonyl (C=O) groups excluding carboxylic acids is 2. The number of rotatable bonds is 7. The van der Waals surface area contributed by atoms with Gasteiger partial charge >= 0.3 is 0 Å². The molecule has 7 nitrogen and oxygen atoms in total. The molecule has 3 aromatic heterocycles. The van der Waals surface area contributed by atoms with Crippen molar-refractivity contribution >= 4 is 18.2 Å². The Labute approximate surface area is 237 Å². The number of ether oxygens (including phenoxy) is 1. The van der Waals surface area contributed by atoms with Gasteiger partial charge in [-0.2, -0.15) is 0 Å². The normalized spacial score (nSPS) is 11.0. The average molecular weight is 539 g/mol. The van der Waals surface area contributed by atoms with Gasteiger partial charge in [0.05, 0.1) is 18.4 Å². The number of methoxy groups -OCH3 is 1. The van der Waals surface area contributed by atoms with Crippen LogP contribution in [0.1, 0.15) is 31.8 Å². The molecule has 3 heterocycles. The van der Waals surface area contributed by atoms with Crippen molar-refractivity contribution in [2.75, 3.05) is 7.11 Å². The van der Waals surface area contributed by atoms with E-state index in [9.17, 15) is 9.59 Å². The van der Waals surface area contributed by atoms with E-state index in [2.05, 4.69) is 59.4 Å². The van der Waals surface area contributed by atoms with Gasteiger partial charge in [-0.05, 0) is 71.5 Å². The largest absolute Gasteiger partial charge is 0.480 e. The summed E-state index contributed by atoms with van der Waals surface area (Å²) >= 11 is 0. The third kappa shape index (κ3) is 4.57. The van der Waals surface area contributed by atoms with E-state index in [1.165, 1.54) is 7.11 Å². The first-order valence-electron chi connectivity index (χ1n) is 13.1. The zero-order valence-electron chi connectivity index (χ0n) is 22.8. The number of benzene rings is 3. The summed E-state index contributed by atoms with van der Waals surface area (Å²) in [6.07, 6.45) is 3.55. The lowest BCUT2D eigenvalue weighted by atomic mass is 9.89. The quantitative estimate of drug-likeness (QED) is 0.203. The maximum absolute atomic E-state index is 11.3. The van der Waals surface area contributed by atoms with E-state index in [0.29, 0.717) is 22.8 Å². The van der Waals surface area contributed by atoms with Gasteiger partial charge in [-0.1, -0.05) is 60.7 Å². The van der Waals surface area contributed by atoms with Crippen molar-refractivity contribution in [2.24, 2.45) is 0 Å². The van der Waals surface area contributed by atoms with Crippen molar-refractivity contribution in [1.29, 1.82) is 0 Å². The Balaban J connectivity index is 1.39. The number of fused-ring (bicyclic) bond motifs is 1. The Morgan fingerprint density at radius 1 is 0.707 bits per heavy atom. The van der Waals surface area contributed by atoms with Crippen LogP contribution in [-0.4, -0.2) is 39.3 Å². The monoisotopic (exact) mass is 538 g/mol. The second-order valence-electron chi connectivity index (χ2n) is 9.78. The second-order valence-corrected chi connectivity index (χ2v) is 9.78. The van der Waals surface area contributed by atoms with Gasteiger partial charge in [-0.15, -0.1) is 10.2 Å².